The summed E-state index contributed by atoms with van der Waals surface area (Å²) in [6.45, 7) is 6.15. The van der Waals surface area contributed by atoms with Gasteiger partial charge in [-0.25, -0.2) is 0 Å². The first-order chi connectivity index (χ1) is 8.58. The second-order valence-electron chi connectivity index (χ2n) is 4.58. The van der Waals surface area contributed by atoms with E-state index in [1.54, 1.807) is 0 Å². The van der Waals surface area contributed by atoms with Gasteiger partial charge in [-0.2, -0.15) is 0 Å². The summed E-state index contributed by atoms with van der Waals surface area (Å²) in [5, 5.41) is 4.28. The first-order valence-corrected chi connectivity index (χ1v) is 6.52. The third-order valence-corrected chi connectivity index (χ3v) is 3.40. The highest BCUT2D eigenvalue weighted by Crippen LogP contribution is 2.25. The summed E-state index contributed by atoms with van der Waals surface area (Å²) in [5.41, 5.74) is 1.11. The lowest BCUT2D eigenvalue weighted by molar-refractivity contribution is 0.392. The Labute approximate surface area is 113 Å². The fraction of sp³-hybridized carbons (Fsp3) is 0.333. The van der Waals surface area contributed by atoms with Gasteiger partial charge in [0.15, 0.2) is 0 Å². The largest absolute Gasteiger partial charge is 0.465 e. The third-order valence-electron chi connectivity index (χ3n) is 3.06. The van der Waals surface area contributed by atoms with Gasteiger partial charge in [0, 0.05) is 11.1 Å². The van der Waals surface area contributed by atoms with Crippen LogP contribution in [0.25, 0.3) is 0 Å². The SMILES string of the molecule is Cc1ccc(C(C)N[C@H](C)c2ccccc2Cl)o1. The van der Waals surface area contributed by atoms with E-state index in [2.05, 4.69) is 19.2 Å². The minimum atomic E-state index is 0.157. The van der Waals surface area contributed by atoms with Gasteiger partial charge in [0.05, 0.1) is 6.04 Å². The number of rotatable bonds is 4. The monoisotopic (exact) mass is 263 g/mol. The normalized spacial score (nSPS) is 14.4. The zero-order chi connectivity index (χ0) is 13.1. The van der Waals surface area contributed by atoms with Crippen LogP contribution in [0.4, 0.5) is 0 Å². The molecule has 3 heteroatoms. The Hall–Kier alpha value is -1.25. The van der Waals surface area contributed by atoms with Crippen molar-refractivity contribution in [2.45, 2.75) is 32.9 Å². The Morgan fingerprint density at radius 1 is 1.06 bits per heavy atom. The van der Waals surface area contributed by atoms with Crippen LogP contribution in [0.15, 0.2) is 40.8 Å². The van der Waals surface area contributed by atoms with Crippen LogP contribution in [0.5, 0.6) is 0 Å². The van der Waals surface area contributed by atoms with Crippen LogP contribution in [0.3, 0.4) is 0 Å². The van der Waals surface area contributed by atoms with Crippen LogP contribution in [0.1, 0.15) is 43.0 Å². The van der Waals surface area contributed by atoms with Gasteiger partial charge in [-0.1, -0.05) is 29.8 Å². The molecule has 0 saturated heterocycles. The maximum absolute atomic E-state index is 6.19. The molecule has 2 nitrogen and oxygen atoms in total. The maximum Gasteiger partial charge on any atom is 0.120 e. The van der Waals surface area contributed by atoms with Gasteiger partial charge in [0.2, 0.25) is 0 Å². The highest BCUT2D eigenvalue weighted by Gasteiger charge is 2.15. The standard InChI is InChI=1S/C15H18ClNO/c1-10-8-9-15(18-10)12(3)17-11(2)13-6-4-5-7-14(13)16/h4-9,11-12,17H,1-3H3/t11-,12?/m1/s1. The molecule has 0 bridgehead atoms. The first-order valence-electron chi connectivity index (χ1n) is 6.14. The molecule has 0 radical (unpaired) electrons. The van der Waals surface area contributed by atoms with E-state index in [-0.39, 0.29) is 12.1 Å². The van der Waals surface area contributed by atoms with Crippen molar-refractivity contribution in [1.29, 1.82) is 0 Å². The topological polar surface area (TPSA) is 25.2 Å². The van der Waals surface area contributed by atoms with Crippen LogP contribution < -0.4 is 5.32 Å². The number of hydrogen-bond donors (Lipinski definition) is 1. The van der Waals surface area contributed by atoms with E-state index in [4.69, 9.17) is 16.0 Å². The smallest absolute Gasteiger partial charge is 0.120 e. The summed E-state index contributed by atoms with van der Waals surface area (Å²) in [6, 6.07) is 12.2. The molecule has 0 saturated carbocycles. The van der Waals surface area contributed by atoms with E-state index in [1.807, 2.05) is 43.3 Å². The molecular weight excluding hydrogens is 246 g/mol. The molecule has 0 aliphatic rings. The van der Waals surface area contributed by atoms with Crippen molar-refractivity contribution in [2.24, 2.45) is 0 Å². The number of hydrogen-bond acceptors (Lipinski definition) is 2. The molecule has 0 spiro atoms. The summed E-state index contributed by atoms with van der Waals surface area (Å²) < 4.78 is 5.62. The van der Waals surface area contributed by atoms with Crippen molar-refractivity contribution < 1.29 is 4.42 Å². The average Bonchev–Trinajstić information content (AvgIpc) is 2.76. The van der Waals surface area contributed by atoms with E-state index >= 15 is 0 Å². The van der Waals surface area contributed by atoms with Crippen LogP contribution in [-0.2, 0) is 0 Å². The summed E-state index contributed by atoms with van der Waals surface area (Å²) in [6.07, 6.45) is 0. The highest BCUT2D eigenvalue weighted by atomic mass is 35.5. The lowest BCUT2D eigenvalue weighted by Crippen LogP contribution is -2.22. The summed E-state index contributed by atoms with van der Waals surface area (Å²) in [4.78, 5) is 0. The Morgan fingerprint density at radius 3 is 2.39 bits per heavy atom. The molecule has 0 amide bonds. The maximum atomic E-state index is 6.19. The predicted molar refractivity (Wildman–Crippen MR) is 74.9 cm³/mol. The lowest BCUT2D eigenvalue weighted by Gasteiger charge is -2.19. The molecular formula is C15H18ClNO. The van der Waals surface area contributed by atoms with Gasteiger partial charge in [0.25, 0.3) is 0 Å². The molecule has 18 heavy (non-hydrogen) atoms. The van der Waals surface area contributed by atoms with Crippen molar-refractivity contribution in [2.75, 3.05) is 0 Å². The van der Waals surface area contributed by atoms with E-state index in [1.165, 1.54) is 0 Å². The van der Waals surface area contributed by atoms with Gasteiger partial charge in [0.1, 0.15) is 11.5 Å². The second-order valence-corrected chi connectivity index (χ2v) is 4.99. The van der Waals surface area contributed by atoms with Crippen molar-refractivity contribution in [3.8, 4) is 0 Å². The molecule has 1 unspecified atom stereocenters. The minimum Gasteiger partial charge on any atom is -0.465 e. The molecule has 2 atom stereocenters. The molecule has 96 valence electrons. The summed E-state index contributed by atoms with van der Waals surface area (Å²) >= 11 is 6.19. The molecule has 2 rings (SSSR count). The average molecular weight is 264 g/mol. The number of furan rings is 1. The van der Waals surface area contributed by atoms with E-state index < -0.39 is 0 Å². The van der Waals surface area contributed by atoms with Crippen molar-refractivity contribution in [3.05, 3.63) is 58.5 Å². The Morgan fingerprint density at radius 2 is 1.78 bits per heavy atom. The highest BCUT2D eigenvalue weighted by molar-refractivity contribution is 6.31. The third kappa shape index (κ3) is 2.95. The molecule has 1 N–H and O–H groups in total. The molecule has 0 aliphatic heterocycles. The van der Waals surface area contributed by atoms with Crippen molar-refractivity contribution in [3.63, 3.8) is 0 Å². The predicted octanol–water partition coefficient (Wildman–Crippen LogP) is 4.65. The number of halogens is 1. The fourth-order valence-electron chi connectivity index (χ4n) is 2.06. The van der Waals surface area contributed by atoms with Crippen LogP contribution >= 0.6 is 11.6 Å². The molecule has 0 fully saturated rings. The number of aryl methyl sites for hydroxylation is 1. The Kier molecular flexibility index (Phi) is 4.10. The first kappa shape index (κ1) is 13.2. The van der Waals surface area contributed by atoms with Gasteiger partial charge < -0.3 is 9.73 Å². The molecule has 2 aromatic rings. The van der Waals surface area contributed by atoms with Gasteiger partial charge >= 0.3 is 0 Å². The summed E-state index contributed by atoms with van der Waals surface area (Å²) in [7, 11) is 0. The molecule has 0 aliphatic carbocycles. The van der Waals surface area contributed by atoms with Crippen LogP contribution in [0, 0.1) is 6.92 Å². The molecule has 1 heterocycles. The van der Waals surface area contributed by atoms with Gasteiger partial charge in [-0.3, -0.25) is 0 Å². The zero-order valence-corrected chi connectivity index (χ0v) is 11.7. The quantitative estimate of drug-likeness (QED) is 0.868. The number of benzene rings is 1. The lowest BCUT2D eigenvalue weighted by atomic mass is 10.1. The summed E-state index contributed by atoms with van der Waals surface area (Å²) in [5.74, 6) is 1.88. The van der Waals surface area contributed by atoms with E-state index in [9.17, 15) is 0 Å². The molecule has 1 aromatic heterocycles. The van der Waals surface area contributed by atoms with Crippen LogP contribution in [0.2, 0.25) is 5.02 Å². The fourth-order valence-corrected chi connectivity index (χ4v) is 2.36. The Bertz CT molecular complexity index is 521. The van der Waals surface area contributed by atoms with Crippen molar-refractivity contribution >= 4 is 11.6 Å². The zero-order valence-electron chi connectivity index (χ0n) is 10.9. The van der Waals surface area contributed by atoms with Crippen LogP contribution in [-0.4, -0.2) is 0 Å². The number of nitrogens with one attached hydrogen (secondary N) is 1. The van der Waals surface area contributed by atoms with Gasteiger partial charge in [-0.15, -0.1) is 0 Å². The minimum absolute atomic E-state index is 0.157. The van der Waals surface area contributed by atoms with E-state index in [0.717, 1.165) is 22.1 Å². The van der Waals surface area contributed by atoms with Gasteiger partial charge in [-0.05, 0) is 44.5 Å². The second kappa shape index (κ2) is 5.59. The van der Waals surface area contributed by atoms with E-state index in [0.29, 0.717) is 0 Å². The molecule has 1 aromatic carbocycles. The Balaban J connectivity index is 2.08. The van der Waals surface area contributed by atoms with Crippen molar-refractivity contribution in [1.82, 2.24) is 5.32 Å².